The molecule has 4 heterocycles. The number of aromatic nitrogens is 3. The highest BCUT2D eigenvalue weighted by Gasteiger charge is 2.52. The van der Waals surface area contributed by atoms with Gasteiger partial charge in [0.2, 0.25) is 0 Å². The van der Waals surface area contributed by atoms with Crippen molar-refractivity contribution in [3.05, 3.63) is 60.2 Å². The lowest BCUT2D eigenvalue weighted by atomic mass is 10.0. The fourth-order valence-corrected chi connectivity index (χ4v) is 3.27. The molecule has 0 aliphatic carbocycles. The summed E-state index contributed by atoms with van der Waals surface area (Å²) in [7, 11) is 0. The van der Waals surface area contributed by atoms with Crippen molar-refractivity contribution in [2.45, 2.75) is 18.4 Å². The van der Waals surface area contributed by atoms with E-state index in [1.54, 1.807) is 6.20 Å². The minimum absolute atomic E-state index is 0.0512. The van der Waals surface area contributed by atoms with Crippen LogP contribution in [0.15, 0.2) is 48.8 Å². The Morgan fingerprint density at radius 1 is 1.19 bits per heavy atom. The van der Waals surface area contributed by atoms with Gasteiger partial charge in [-0.1, -0.05) is 30.3 Å². The van der Waals surface area contributed by atoms with Gasteiger partial charge in [-0.05, 0) is 6.07 Å². The molecule has 2 unspecified atom stereocenters. The molecule has 1 aromatic carbocycles. The summed E-state index contributed by atoms with van der Waals surface area (Å²) in [6, 6.07) is 11.9. The zero-order valence-corrected chi connectivity index (χ0v) is 11.3. The molecule has 1 fully saturated rings. The Labute approximate surface area is 121 Å². The number of pyridine rings is 1. The van der Waals surface area contributed by atoms with Crippen molar-refractivity contribution in [1.29, 1.82) is 0 Å². The number of ether oxygens (including phenoxy) is 2. The molecule has 0 saturated carbocycles. The second-order valence-electron chi connectivity index (χ2n) is 5.44. The third-order valence-corrected chi connectivity index (χ3v) is 4.19. The van der Waals surface area contributed by atoms with Crippen molar-refractivity contribution in [1.82, 2.24) is 14.5 Å². The topological polar surface area (TPSA) is 49.2 Å². The van der Waals surface area contributed by atoms with Crippen LogP contribution in [-0.4, -0.2) is 27.2 Å². The van der Waals surface area contributed by atoms with Gasteiger partial charge in [0.15, 0.2) is 5.82 Å². The quantitative estimate of drug-likeness (QED) is 0.684. The van der Waals surface area contributed by atoms with Crippen LogP contribution in [0.4, 0.5) is 0 Å². The molecule has 0 spiro atoms. The number of hydrogen-bond donors (Lipinski definition) is 0. The fourth-order valence-electron chi connectivity index (χ4n) is 3.27. The molecule has 5 rings (SSSR count). The molecule has 2 bridgehead atoms. The Hall–Kier alpha value is -2.24. The van der Waals surface area contributed by atoms with E-state index < -0.39 is 5.79 Å². The van der Waals surface area contributed by atoms with Crippen molar-refractivity contribution >= 4 is 11.0 Å². The van der Waals surface area contributed by atoms with Gasteiger partial charge in [0.25, 0.3) is 5.79 Å². The molecule has 5 heteroatoms. The van der Waals surface area contributed by atoms with Crippen LogP contribution in [0.25, 0.3) is 11.0 Å². The summed E-state index contributed by atoms with van der Waals surface area (Å²) in [5.74, 6) is -0.0751. The summed E-state index contributed by atoms with van der Waals surface area (Å²) < 4.78 is 14.5. The number of imidazole rings is 1. The molecular formula is C16H13N3O2. The number of rotatable bonds is 1. The van der Waals surface area contributed by atoms with Crippen LogP contribution in [0, 0.1) is 0 Å². The molecule has 0 radical (unpaired) electrons. The van der Waals surface area contributed by atoms with Crippen LogP contribution >= 0.6 is 0 Å². The second kappa shape index (κ2) is 3.90. The van der Waals surface area contributed by atoms with Gasteiger partial charge < -0.3 is 14.0 Å². The summed E-state index contributed by atoms with van der Waals surface area (Å²) in [6.07, 6.45) is 3.67. The van der Waals surface area contributed by atoms with Crippen LogP contribution < -0.4 is 0 Å². The monoisotopic (exact) mass is 279 g/mol. The average molecular weight is 279 g/mol. The van der Waals surface area contributed by atoms with Gasteiger partial charge in [-0.3, -0.25) is 4.98 Å². The minimum atomic E-state index is -0.886. The van der Waals surface area contributed by atoms with Crippen molar-refractivity contribution in [2.24, 2.45) is 0 Å². The van der Waals surface area contributed by atoms with Gasteiger partial charge in [-0.2, -0.15) is 0 Å². The SMILES string of the molecule is c1ccc(C23OCC(Cn4c2nc2ccncc24)O3)cc1. The number of nitrogens with zero attached hydrogens (tertiary/aromatic N) is 3. The molecule has 3 aromatic rings. The van der Waals surface area contributed by atoms with E-state index in [2.05, 4.69) is 9.55 Å². The smallest absolute Gasteiger partial charge is 0.256 e. The maximum Gasteiger partial charge on any atom is 0.256 e. The van der Waals surface area contributed by atoms with E-state index in [9.17, 15) is 0 Å². The van der Waals surface area contributed by atoms with Gasteiger partial charge >= 0.3 is 0 Å². The number of hydrogen-bond acceptors (Lipinski definition) is 4. The first-order valence-corrected chi connectivity index (χ1v) is 7.05. The minimum Gasteiger partial charge on any atom is -0.337 e. The van der Waals surface area contributed by atoms with E-state index in [0.717, 1.165) is 29.0 Å². The molecular weight excluding hydrogens is 266 g/mol. The Balaban J connectivity index is 1.82. The van der Waals surface area contributed by atoms with Gasteiger partial charge in [0.1, 0.15) is 6.10 Å². The molecule has 2 aliphatic rings. The number of benzene rings is 1. The molecule has 5 nitrogen and oxygen atoms in total. The van der Waals surface area contributed by atoms with Crippen molar-refractivity contribution < 1.29 is 9.47 Å². The molecule has 1 saturated heterocycles. The average Bonchev–Trinajstić information content (AvgIpc) is 3.10. The highest BCUT2D eigenvalue weighted by molar-refractivity contribution is 5.75. The summed E-state index contributed by atoms with van der Waals surface area (Å²) in [5, 5.41) is 0. The van der Waals surface area contributed by atoms with Gasteiger partial charge in [0.05, 0.1) is 30.4 Å². The van der Waals surface area contributed by atoms with E-state index in [1.807, 2.05) is 42.6 Å². The van der Waals surface area contributed by atoms with E-state index in [0.29, 0.717) is 6.61 Å². The first-order chi connectivity index (χ1) is 10.4. The summed E-state index contributed by atoms with van der Waals surface area (Å²) in [4.78, 5) is 8.97. The molecule has 104 valence electrons. The highest BCUT2D eigenvalue weighted by atomic mass is 16.7. The van der Waals surface area contributed by atoms with E-state index in [4.69, 9.17) is 14.5 Å². The Bertz CT molecular complexity index is 830. The van der Waals surface area contributed by atoms with Gasteiger partial charge in [-0.15, -0.1) is 0 Å². The first-order valence-electron chi connectivity index (χ1n) is 7.05. The van der Waals surface area contributed by atoms with E-state index in [1.165, 1.54) is 0 Å². The van der Waals surface area contributed by atoms with Crippen LogP contribution in [-0.2, 0) is 21.8 Å². The normalized spacial score (nSPS) is 27.0. The van der Waals surface area contributed by atoms with Crippen molar-refractivity contribution in [2.75, 3.05) is 6.61 Å². The predicted molar refractivity (Wildman–Crippen MR) is 75.6 cm³/mol. The third-order valence-electron chi connectivity index (χ3n) is 4.19. The lowest BCUT2D eigenvalue weighted by Gasteiger charge is -2.32. The van der Waals surface area contributed by atoms with Crippen LogP contribution in [0.2, 0.25) is 0 Å². The molecule has 2 atom stereocenters. The zero-order chi connectivity index (χ0) is 13.9. The second-order valence-corrected chi connectivity index (χ2v) is 5.44. The van der Waals surface area contributed by atoms with E-state index in [-0.39, 0.29) is 6.10 Å². The highest BCUT2D eigenvalue weighted by Crippen LogP contribution is 2.44. The largest absolute Gasteiger partial charge is 0.337 e. The maximum atomic E-state index is 6.20. The van der Waals surface area contributed by atoms with Crippen LogP contribution in [0.3, 0.4) is 0 Å². The summed E-state index contributed by atoms with van der Waals surface area (Å²) in [5.41, 5.74) is 2.94. The molecule has 0 amide bonds. The Kier molecular flexibility index (Phi) is 2.12. The first kappa shape index (κ1) is 11.4. The number of fused-ring (bicyclic) bond motifs is 6. The standard InChI is InChI=1S/C16H13N3O2/c1-2-4-11(5-3-1)16-15-18-13-6-7-17-8-14(13)19(15)9-12(21-16)10-20-16/h1-8,12H,9-10H2. The van der Waals surface area contributed by atoms with Crippen LogP contribution in [0.1, 0.15) is 11.4 Å². The predicted octanol–water partition coefficient (Wildman–Crippen LogP) is 2.06. The van der Waals surface area contributed by atoms with Crippen molar-refractivity contribution in [3.8, 4) is 0 Å². The molecule has 21 heavy (non-hydrogen) atoms. The van der Waals surface area contributed by atoms with Gasteiger partial charge in [-0.25, -0.2) is 4.98 Å². The maximum absolute atomic E-state index is 6.20. The fraction of sp³-hybridized carbons (Fsp3) is 0.250. The molecule has 0 N–H and O–H groups in total. The summed E-state index contributed by atoms with van der Waals surface area (Å²) >= 11 is 0. The third kappa shape index (κ3) is 1.42. The van der Waals surface area contributed by atoms with Crippen molar-refractivity contribution in [3.63, 3.8) is 0 Å². The lowest BCUT2D eigenvalue weighted by Crippen LogP contribution is -2.38. The Morgan fingerprint density at radius 2 is 2.10 bits per heavy atom. The lowest BCUT2D eigenvalue weighted by molar-refractivity contribution is -0.162. The Morgan fingerprint density at radius 3 is 3.00 bits per heavy atom. The van der Waals surface area contributed by atoms with Gasteiger partial charge in [0, 0.05) is 11.8 Å². The summed E-state index contributed by atoms with van der Waals surface area (Å²) in [6.45, 7) is 1.34. The van der Waals surface area contributed by atoms with Crippen LogP contribution in [0.5, 0.6) is 0 Å². The molecule has 2 aliphatic heterocycles. The zero-order valence-electron chi connectivity index (χ0n) is 11.3. The van der Waals surface area contributed by atoms with E-state index >= 15 is 0 Å². The molecule has 2 aromatic heterocycles.